The number of aliphatic imine (C=N–C) groups is 1. The van der Waals surface area contributed by atoms with Gasteiger partial charge in [-0.05, 0) is 34.1 Å². The van der Waals surface area contributed by atoms with Crippen molar-refractivity contribution in [2.75, 3.05) is 25.0 Å². The predicted molar refractivity (Wildman–Crippen MR) is 138 cm³/mol. The quantitative estimate of drug-likeness (QED) is 0.277. The number of phenolic OH excluding ortho intramolecular Hbond substituents is 1. The first-order valence-electron chi connectivity index (χ1n) is 10.9. The van der Waals surface area contributed by atoms with Gasteiger partial charge in [0, 0.05) is 35.3 Å². The molecule has 1 aromatic carbocycles. The maximum atomic E-state index is 12.6. The third kappa shape index (κ3) is 7.56. The van der Waals surface area contributed by atoms with Gasteiger partial charge in [0.05, 0.1) is 40.9 Å². The highest BCUT2D eigenvalue weighted by Gasteiger charge is 2.24. The maximum Gasteiger partial charge on any atom is 0.305 e. The smallest absolute Gasteiger partial charge is 0.305 e. The van der Waals surface area contributed by atoms with Gasteiger partial charge in [-0.1, -0.05) is 25.4 Å². The highest BCUT2D eigenvalue weighted by molar-refractivity contribution is 9.10. The van der Waals surface area contributed by atoms with E-state index < -0.39 is 36.8 Å². The van der Waals surface area contributed by atoms with Crippen LogP contribution in [-0.4, -0.2) is 58.6 Å². The topological polar surface area (TPSA) is 165 Å². The number of benzene rings is 1. The van der Waals surface area contributed by atoms with Crippen molar-refractivity contribution in [3.05, 3.63) is 51.2 Å². The maximum absolute atomic E-state index is 12.6. The van der Waals surface area contributed by atoms with Gasteiger partial charge in [-0.15, -0.1) is 0 Å². The summed E-state index contributed by atoms with van der Waals surface area (Å²) in [6, 6.07) is 3.29. The molecule has 0 bridgehead atoms. The van der Waals surface area contributed by atoms with Crippen molar-refractivity contribution >= 4 is 57.0 Å². The molecule has 1 aromatic heterocycles. The fraction of sp³-hybridized carbons (Fsp3) is 0.348. The third-order valence-electron chi connectivity index (χ3n) is 5.22. The first kappa shape index (κ1) is 27.2. The second-order valence-electron chi connectivity index (χ2n) is 9.00. The van der Waals surface area contributed by atoms with E-state index >= 15 is 0 Å². The van der Waals surface area contributed by atoms with Crippen molar-refractivity contribution in [2.45, 2.75) is 26.3 Å². The second-order valence-corrected chi connectivity index (χ2v) is 10.3. The van der Waals surface area contributed by atoms with Crippen LogP contribution in [-0.2, 0) is 9.59 Å². The van der Waals surface area contributed by atoms with E-state index in [-0.39, 0.29) is 31.8 Å². The van der Waals surface area contributed by atoms with Gasteiger partial charge in [-0.3, -0.25) is 24.4 Å². The van der Waals surface area contributed by atoms with Crippen molar-refractivity contribution in [3.8, 4) is 5.75 Å². The average molecular weight is 582 g/mol. The van der Waals surface area contributed by atoms with Crippen LogP contribution < -0.4 is 21.3 Å². The van der Waals surface area contributed by atoms with Gasteiger partial charge >= 0.3 is 5.97 Å². The number of anilines is 1. The number of halogens is 2. The van der Waals surface area contributed by atoms with Gasteiger partial charge in [-0.25, -0.2) is 0 Å². The Labute approximate surface area is 220 Å². The standard InChI is InChI=1S/C23H26BrClN6O5/c1-23(2)10-28-22(29-11-23)30-14-3-12(7-26-8-14)21(36)27-9-18(32)31-17(6-19(33)34)15-4-13(25)5-16(24)20(15)35/h3-5,7-8,17,35H,6,9-11H2,1-2H3,(H,27,36)(H,31,32)(H,33,34)(H2,28,29,30)/t17-/m0/s1. The number of rotatable bonds is 8. The molecule has 1 aliphatic heterocycles. The molecule has 0 saturated heterocycles. The Kier molecular flexibility index (Phi) is 8.75. The van der Waals surface area contributed by atoms with Gasteiger partial charge in [0.15, 0.2) is 5.96 Å². The monoisotopic (exact) mass is 580 g/mol. The zero-order valence-electron chi connectivity index (χ0n) is 19.6. The number of aliphatic carboxylic acids is 1. The zero-order valence-corrected chi connectivity index (χ0v) is 21.9. The van der Waals surface area contributed by atoms with Gasteiger partial charge in [0.2, 0.25) is 5.91 Å². The predicted octanol–water partition coefficient (Wildman–Crippen LogP) is 2.66. The largest absolute Gasteiger partial charge is 0.506 e. The molecule has 6 N–H and O–H groups in total. The molecule has 0 saturated carbocycles. The minimum absolute atomic E-state index is 0.0528. The summed E-state index contributed by atoms with van der Waals surface area (Å²) in [5.41, 5.74) is 0.934. The third-order valence-corrected chi connectivity index (χ3v) is 6.04. The lowest BCUT2D eigenvalue weighted by Crippen LogP contribution is -2.44. The summed E-state index contributed by atoms with van der Waals surface area (Å²) in [4.78, 5) is 44.9. The average Bonchev–Trinajstić information content (AvgIpc) is 2.80. The first-order chi connectivity index (χ1) is 16.9. The van der Waals surface area contributed by atoms with Gasteiger partial charge in [-0.2, -0.15) is 0 Å². The molecule has 0 spiro atoms. The summed E-state index contributed by atoms with van der Waals surface area (Å²) in [5.74, 6) is -2.07. The highest BCUT2D eigenvalue weighted by atomic mass is 79.9. The Bertz CT molecular complexity index is 1210. The van der Waals surface area contributed by atoms with E-state index in [0.29, 0.717) is 18.2 Å². The number of nitrogens with zero attached hydrogens (tertiary/aromatic N) is 2. The number of nitrogens with one attached hydrogen (secondary N) is 4. The van der Waals surface area contributed by atoms with Crippen LogP contribution in [0.1, 0.15) is 42.2 Å². The molecule has 0 radical (unpaired) electrons. The Hall–Kier alpha value is -3.38. The van der Waals surface area contributed by atoms with Gasteiger partial charge < -0.3 is 31.5 Å². The van der Waals surface area contributed by atoms with E-state index in [1.807, 2.05) is 0 Å². The summed E-state index contributed by atoms with van der Waals surface area (Å²) in [6.07, 6.45) is 2.39. The lowest BCUT2D eigenvalue weighted by molar-refractivity contribution is -0.137. The molecule has 2 amide bonds. The Morgan fingerprint density at radius 2 is 2.00 bits per heavy atom. The number of guanidine groups is 1. The number of phenols is 1. The zero-order chi connectivity index (χ0) is 26.5. The number of hydrogen-bond acceptors (Lipinski definition) is 8. The molecular formula is C23H26BrClN6O5. The van der Waals surface area contributed by atoms with Crippen LogP contribution in [0.15, 0.2) is 40.1 Å². The number of carboxylic acid groups (broad SMARTS) is 1. The number of amides is 2. The number of aromatic hydroxyl groups is 1. The number of carbonyl (C=O) groups excluding carboxylic acids is 2. The van der Waals surface area contributed by atoms with E-state index in [0.717, 1.165) is 6.54 Å². The number of carbonyl (C=O) groups is 3. The molecule has 3 rings (SSSR count). The highest BCUT2D eigenvalue weighted by Crippen LogP contribution is 2.36. The summed E-state index contributed by atoms with van der Waals surface area (Å²) in [5, 5.41) is 31.1. The molecule has 11 nitrogen and oxygen atoms in total. The van der Waals surface area contributed by atoms with Crippen molar-refractivity contribution in [1.29, 1.82) is 0 Å². The molecular weight excluding hydrogens is 556 g/mol. The molecule has 1 atom stereocenters. The molecule has 0 aliphatic carbocycles. The second kappa shape index (κ2) is 11.6. The van der Waals surface area contributed by atoms with E-state index in [9.17, 15) is 24.6 Å². The fourth-order valence-corrected chi connectivity index (χ4v) is 4.19. The van der Waals surface area contributed by atoms with Crippen LogP contribution >= 0.6 is 27.5 Å². The summed E-state index contributed by atoms with van der Waals surface area (Å²) >= 11 is 9.16. The van der Waals surface area contributed by atoms with Crippen LogP contribution in [0, 0.1) is 5.41 Å². The number of pyridine rings is 1. The molecule has 1 aliphatic rings. The molecule has 2 aromatic rings. The van der Waals surface area contributed by atoms with Crippen LogP contribution in [0.3, 0.4) is 0 Å². The van der Waals surface area contributed by atoms with Crippen LogP contribution in [0.25, 0.3) is 0 Å². The van der Waals surface area contributed by atoms with Crippen LogP contribution in [0.2, 0.25) is 5.02 Å². The van der Waals surface area contributed by atoms with E-state index in [1.165, 1.54) is 18.3 Å². The Morgan fingerprint density at radius 3 is 2.67 bits per heavy atom. The summed E-state index contributed by atoms with van der Waals surface area (Å²) < 4.78 is 0.252. The number of carboxylic acids is 1. The summed E-state index contributed by atoms with van der Waals surface area (Å²) in [6.45, 7) is 5.16. The van der Waals surface area contributed by atoms with Crippen LogP contribution in [0.4, 0.5) is 5.69 Å². The van der Waals surface area contributed by atoms with Crippen molar-refractivity contribution < 1.29 is 24.6 Å². The van der Waals surface area contributed by atoms with Crippen molar-refractivity contribution in [1.82, 2.24) is 20.9 Å². The molecule has 0 fully saturated rings. The van der Waals surface area contributed by atoms with Crippen LogP contribution in [0.5, 0.6) is 5.75 Å². The first-order valence-corrected chi connectivity index (χ1v) is 12.1. The van der Waals surface area contributed by atoms with E-state index in [4.69, 9.17) is 11.6 Å². The van der Waals surface area contributed by atoms with E-state index in [2.05, 4.69) is 61.0 Å². The van der Waals surface area contributed by atoms with Crippen molar-refractivity contribution in [3.63, 3.8) is 0 Å². The lowest BCUT2D eigenvalue weighted by atomic mass is 9.93. The molecule has 192 valence electrons. The molecule has 2 heterocycles. The Morgan fingerprint density at radius 1 is 1.25 bits per heavy atom. The normalized spacial score (nSPS) is 15.2. The Balaban J connectivity index is 1.62. The van der Waals surface area contributed by atoms with Gasteiger partial charge in [0.25, 0.3) is 5.91 Å². The molecule has 13 heteroatoms. The van der Waals surface area contributed by atoms with Crippen molar-refractivity contribution in [2.24, 2.45) is 10.4 Å². The minimum Gasteiger partial charge on any atom is -0.506 e. The summed E-state index contributed by atoms with van der Waals surface area (Å²) in [7, 11) is 0. The number of hydrogen-bond donors (Lipinski definition) is 6. The lowest BCUT2D eigenvalue weighted by Gasteiger charge is -2.29. The fourth-order valence-electron chi connectivity index (χ4n) is 3.35. The number of aromatic nitrogens is 1. The van der Waals surface area contributed by atoms with E-state index in [1.54, 1.807) is 12.3 Å². The SMILES string of the molecule is CC1(C)CN=C(Nc2cncc(C(=O)NCC(=O)N[C@@H](CC(=O)O)c3cc(Cl)cc(Br)c3O)c2)NC1. The molecule has 0 unspecified atom stereocenters. The molecule has 36 heavy (non-hydrogen) atoms. The van der Waals surface area contributed by atoms with Gasteiger partial charge in [0.1, 0.15) is 5.75 Å². The minimum atomic E-state index is -1.20.